The molecule has 2 rings (SSSR count). The standard InChI is InChI=1S/C16H18N2O4/c1-3-17-15-12-5-4-11(6-7-18-10(2)20)8-14(12)22-16(21)13(15)9-19/h4-5,8-9,17H,3,6-7H2,1-2H3,(H,18,20). The number of benzene rings is 1. The van der Waals surface area contributed by atoms with Crippen LogP contribution in [0, 0.1) is 0 Å². The fraction of sp³-hybridized carbons (Fsp3) is 0.312. The second kappa shape index (κ2) is 6.89. The molecule has 0 unspecified atom stereocenters. The maximum absolute atomic E-state index is 11.9. The normalized spacial score (nSPS) is 10.5. The zero-order valence-corrected chi connectivity index (χ0v) is 12.6. The third kappa shape index (κ3) is 3.33. The minimum Gasteiger partial charge on any atom is -0.422 e. The van der Waals surface area contributed by atoms with E-state index in [0.717, 1.165) is 5.56 Å². The Hall–Kier alpha value is -2.63. The number of hydrogen-bond donors (Lipinski definition) is 2. The molecule has 22 heavy (non-hydrogen) atoms. The number of fused-ring (bicyclic) bond motifs is 1. The summed E-state index contributed by atoms with van der Waals surface area (Å²) >= 11 is 0. The first-order chi connectivity index (χ1) is 10.6. The Morgan fingerprint density at radius 3 is 2.77 bits per heavy atom. The van der Waals surface area contributed by atoms with Crippen molar-refractivity contribution in [3.05, 3.63) is 39.7 Å². The highest BCUT2D eigenvalue weighted by Gasteiger charge is 2.13. The van der Waals surface area contributed by atoms with Gasteiger partial charge in [0.1, 0.15) is 11.1 Å². The van der Waals surface area contributed by atoms with Gasteiger partial charge < -0.3 is 15.1 Å². The van der Waals surface area contributed by atoms with E-state index < -0.39 is 5.63 Å². The number of anilines is 1. The van der Waals surface area contributed by atoms with Crippen molar-refractivity contribution < 1.29 is 14.0 Å². The molecule has 0 aliphatic heterocycles. The lowest BCUT2D eigenvalue weighted by Crippen LogP contribution is -2.22. The lowest BCUT2D eigenvalue weighted by Gasteiger charge is -2.10. The maximum atomic E-state index is 11.9. The van der Waals surface area contributed by atoms with Crippen LogP contribution >= 0.6 is 0 Å². The van der Waals surface area contributed by atoms with Crippen LogP contribution in [-0.4, -0.2) is 25.3 Å². The third-order valence-corrected chi connectivity index (χ3v) is 3.27. The summed E-state index contributed by atoms with van der Waals surface area (Å²) < 4.78 is 5.22. The molecule has 6 nitrogen and oxygen atoms in total. The molecule has 0 spiro atoms. The SMILES string of the molecule is CCNc1c(C=O)c(=O)oc2cc(CCNC(C)=O)ccc12. The van der Waals surface area contributed by atoms with E-state index in [-0.39, 0.29) is 11.5 Å². The summed E-state index contributed by atoms with van der Waals surface area (Å²) in [6.07, 6.45) is 1.14. The summed E-state index contributed by atoms with van der Waals surface area (Å²) in [5.74, 6) is -0.0858. The number of carbonyl (C=O) groups excluding carboxylic acids is 2. The molecule has 0 aliphatic carbocycles. The van der Waals surface area contributed by atoms with Gasteiger partial charge in [-0.3, -0.25) is 9.59 Å². The summed E-state index contributed by atoms with van der Waals surface area (Å²) in [5.41, 5.74) is 1.20. The van der Waals surface area contributed by atoms with E-state index in [2.05, 4.69) is 10.6 Å². The molecule has 0 bridgehead atoms. The highest BCUT2D eigenvalue weighted by Crippen LogP contribution is 2.25. The summed E-state index contributed by atoms with van der Waals surface area (Å²) in [6.45, 7) is 4.45. The van der Waals surface area contributed by atoms with Gasteiger partial charge in [-0.1, -0.05) is 6.07 Å². The first-order valence-electron chi connectivity index (χ1n) is 7.10. The van der Waals surface area contributed by atoms with Crippen molar-refractivity contribution in [1.82, 2.24) is 5.32 Å². The van der Waals surface area contributed by atoms with Crippen LogP contribution in [0.5, 0.6) is 0 Å². The Kier molecular flexibility index (Phi) is 4.93. The summed E-state index contributed by atoms with van der Waals surface area (Å²) in [4.78, 5) is 33.8. The van der Waals surface area contributed by atoms with Crippen molar-refractivity contribution in [2.45, 2.75) is 20.3 Å². The zero-order valence-electron chi connectivity index (χ0n) is 12.6. The maximum Gasteiger partial charge on any atom is 0.349 e. The molecular formula is C16H18N2O4. The Balaban J connectivity index is 2.43. The van der Waals surface area contributed by atoms with E-state index in [1.807, 2.05) is 19.1 Å². The van der Waals surface area contributed by atoms with Gasteiger partial charge in [-0.2, -0.15) is 0 Å². The smallest absolute Gasteiger partial charge is 0.349 e. The second-order valence-corrected chi connectivity index (χ2v) is 4.89. The minimum atomic E-state index is -0.655. The van der Waals surface area contributed by atoms with Crippen molar-refractivity contribution in [3.63, 3.8) is 0 Å². The Morgan fingerprint density at radius 1 is 1.36 bits per heavy atom. The molecule has 1 amide bonds. The predicted octanol–water partition coefficient (Wildman–Crippen LogP) is 1.72. The van der Waals surface area contributed by atoms with Crippen LogP contribution in [0.15, 0.2) is 27.4 Å². The Bertz CT molecular complexity index is 765. The molecule has 116 valence electrons. The Morgan fingerprint density at radius 2 is 2.14 bits per heavy atom. The molecule has 0 radical (unpaired) electrons. The summed E-state index contributed by atoms with van der Waals surface area (Å²) in [6, 6.07) is 5.46. The van der Waals surface area contributed by atoms with E-state index in [1.165, 1.54) is 6.92 Å². The monoisotopic (exact) mass is 302 g/mol. The average Bonchev–Trinajstić information content (AvgIpc) is 2.47. The average molecular weight is 302 g/mol. The van der Waals surface area contributed by atoms with Gasteiger partial charge in [0.15, 0.2) is 6.29 Å². The number of nitrogens with one attached hydrogen (secondary N) is 2. The number of hydrogen-bond acceptors (Lipinski definition) is 5. The molecule has 0 fully saturated rings. The fourth-order valence-corrected chi connectivity index (χ4v) is 2.27. The molecule has 6 heteroatoms. The fourth-order valence-electron chi connectivity index (χ4n) is 2.27. The van der Waals surface area contributed by atoms with Gasteiger partial charge in [-0.15, -0.1) is 0 Å². The van der Waals surface area contributed by atoms with E-state index in [0.29, 0.717) is 42.5 Å². The molecule has 2 N–H and O–H groups in total. The van der Waals surface area contributed by atoms with E-state index in [1.54, 1.807) is 6.07 Å². The predicted molar refractivity (Wildman–Crippen MR) is 84.4 cm³/mol. The molecule has 0 aliphatic rings. The molecule has 2 aromatic rings. The van der Waals surface area contributed by atoms with E-state index in [4.69, 9.17) is 4.42 Å². The molecule has 1 aromatic carbocycles. The quantitative estimate of drug-likeness (QED) is 0.626. The lowest BCUT2D eigenvalue weighted by atomic mass is 10.1. The molecular weight excluding hydrogens is 284 g/mol. The topological polar surface area (TPSA) is 88.4 Å². The van der Waals surface area contributed by atoms with Crippen molar-refractivity contribution in [1.29, 1.82) is 0 Å². The van der Waals surface area contributed by atoms with Gasteiger partial charge in [0, 0.05) is 25.4 Å². The van der Waals surface area contributed by atoms with E-state index >= 15 is 0 Å². The van der Waals surface area contributed by atoms with Gasteiger partial charge in [0.2, 0.25) is 5.91 Å². The van der Waals surface area contributed by atoms with Crippen LogP contribution in [0.25, 0.3) is 11.0 Å². The molecule has 1 heterocycles. The molecule has 0 saturated carbocycles. The molecule has 1 aromatic heterocycles. The minimum absolute atomic E-state index is 0.000321. The lowest BCUT2D eigenvalue weighted by molar-refractivity contribution is -0.118. The van der Waals surface area contributed by atoms with Crippen LogP contribution in [0.3, 0.4) is 0 Å². The summed E-state index contributed by atoms with van der Waals surface area (Å²) in [7, 11) is 0. The van der Waals surface area contributed by atoms with Crippen LogP contribution < -0.4 is 16.3 Å². The number of amides is 1. The molecule has 0 saturated heterocycles. The van der Waals surface area contributed by atoms with Gasteiger partial charge >= 0.3 is 5.63 Å². The first kappa shape index (κ1) is 15.8. The van der Waals surface area contributed by atoms with Gasteiger partial charge in [0.25, 0.3) is 0 Å². The van der Waals surface area contributed by atoms with E-state index in [9.17, 15) is 14.4 Å². The molecule has 0 atom stereocenters. The zero-order chi connectivity index (χ0) is 16.1. The van der Waals surface area contributed by atoms with Crippen LogP contribution in [0.2, 0.25) is 0 Å². The van der Waals surface area contributed by atoms with Crippen LogP contribution in [0.4, 0.5) is 5.69 Å². The third-order valence-electron chi connectivity index (χ3n) is 3.27. The first-order valence-corrected chi connectivity index (χ1v) is 7.10. The van der Waals surface area contributed by atoms with Gasteiger partial charge in [-0.25, -0.2) is 4.79 Å². The number of carbonyl (C=O) groups is 2. The summed E-state index contributed by atoms with van der Waals surface area (Å²) in [5, 5.41) is 6.44. The van der Waals surface area contributed by atoms with Crippen LogP contribution in [-0.2, 0) is 11.2 Å². The number of rotatable bonds is 6. The van der Waals surface area contributed by atoms with Crippen LogP contribution in [0.1, 0.15) is 29.8 Å². The largest absolute Gasteiger partial charge is 0.422 e. The Labute approximate surface area is 127 Å². The van der Waals surface area contributed by atoms with Crippen molar-refractivity contribution in [2.24, 2.45) is 0 Å². The highest BCUT2D eigenvalue weighted by atomic mass is 16.4. The van der Waals surface area contributed by atoms with Gasteiger partial charge in [-0.05, 0) is 31.0 Å². The number of aldehydes is 1. The van der Waals surface area contributed by atoms with Crippen molar-refractivity contribution >= 4 is 28.8 Å². The van der Waals surface area contributed by atoms with Crippen molar-refractivity contribution in [3.8, 4) is 0 Å². The second-order valence-electron chi connectivity index (χ2n) is 4.89. The van der Waals surface area contributed by atoms with Crippen molar-refractivity contribution in [2.75, 3.05) is 18.4 Å². The highest BCUT2D eigenvalue weighted by molar-refractivity contribution is 5.99. The van der Waals surface area contributed by atoms with Gasteiger partial charge in [0.05, 0.1) is 5.69 Å².